The zero-order chi connectivity index (χ0) is 14.6. The summed E-state index contributed by atoms with van der Waals surface area (Å²) in [6.45, 7) is 0.702. The summed E-state index contributed by atoms with van der Waals surface area (Å²) in [5.41, 5.74) is 1.88. The molecule has 0 saturated heterocycles. The van der Waals surface area contributed by atoms with Crippen LogP contribution in [-0.2, 0) is 23.1 Å². The normalized spacial score (nSPS) is 11.8. The monoisotopic (exact) mass is 309 g/mol. The Morgan fingerprint density at radius 2 is 1.40 bits per heavy atom. The van der Waals surface area contributed by atoms with Crippen molar-refractivity contribution in [2.45, 2.75) is 13.1 Å². The highest BCUT2D eigenvalue weighted by Gasteiger charge is 2.17. The van der Waals surface area contributed by atoms with Gasteiger partial charge in [-0.05, 0) is 23.3 Å². The second-order valence-electron chi connectivity index (χ2n) is 4.64. The maximum atomic E-state index is 11.9. The lowest BCUT2D eigenvalue weighted by Crippen LogP contribution is -2.29. The minimum Gasteiger partial charge on any atom is -0.212 e. The standard InChI is InChI=1S/C15H16ClNO2S/c1-20(18,19)17(11-13-5-3-2-4-6-13)12-14-7-9-15(16)10-8-14/h2-10H,11-12H2,1H3. The number of hydrogen-bond donors (Lipinski definition) is 0. The van der Waals surface area contributed by atoms with Crippen LogP contribution in [0.1, 0.15) is 11.1 Å². The second kappa shape index (κ2) is 6.39. The fourth-order valence-electron chi connectivity index (χ4n) is 1.87. The maximum absolute atomic E-state index is 11.9. The van der Waals surface area contributed by atoms with Crippen LogP contribution in [-0.4, -0.2) is 19.0 Å². The van der Waals surface area contributed by atoms with E-state index in [0.29, 0.717) is 18.1 Å². The zero-order valence-corrected chi connectivity index (χ0v) is 12.7. The molecule has 3 nitrogen and oxygen atoms in total. The Kier molecular flexibility index (Phi) is 4.81. The molecule has 0 aliphatic rings. The van der Waals surface area contributed by atoms with Crippen LogP contribution >= 0.6 is 11.6 Å². The van der Waals surface area contributed by atoms with Gasteiger partial charge in [0.25, 0.3) is 0 Å². The molecule has 0 saturated carbocycles. The fourth-order valence-corrected chi connectivity index (χ4v) is 2.76. The van der Waals surface area contributed by atoms with Gasteiger partial charge in [-0.25, -0.2) is 8.42 Å². The molecule has 0 N–H and O–H groups in total. The van der Waals surface area contributed by atoms with Crippen LogP contribution in [0.25, 0.3) is 0 Å². The van der Waals surface area contributed by atoms with E-state index in [2.05, 4.69) is 0 Å². The van der Waals surface area contributed by atoms with Crippen molar-refractivity contribution in [2.75, 3.05) is 6.26 Å². The summed E-state index contributed by atoms with van der Waals surface area (Å²) >= 11 is 5.84. The predicted octanol–water partition coefficient (Wildman–Crippen LogP) is 3.30. The van der Waals surface area contributed by atoms with Gasteiger partial charge in [-0.3, -0.25) is 0 Å². The quantitative estimate of drug-likeness (QED) is 0.850. The van der Waals surface area contributed by atoms with Crippen molar-refractivity contribution in [3.63, 3.8) is 0 Å². The second-order valence-corrected chi connectivity index (χ2v) is 7.06. The molecule has 0 heterocycles. The van der Waals surface area contributed by atoms with Gasteiger partial charge in [0.2, 0.25) is 10.0 Å². The Morgan fingerprint density at radius 3 is 1.90 bits per heavy atom. The van der Waals surface area contributed by atoms with Gasteiger partial charge in [0.05, 0.1) is 6.26 Å². The first-order valence-corrected chi connectivity index (χ1v) is 8.41. The SMILES string of the molecule is CS(=O)(=O)N(Cc1ccccc1)Cc1ccc(Cl)cc1. The van der Waals surface area contributed by atoms with Gasteiger partial charge < -0.3 is 0 Å². The van der Waals surface area contributed by atoms with Crippen LogP contribution in [0.5, 0.6) is 0 Å². The highest BCUT2D eigenvalue weighted by atomic mass is 35.5. The molecule has 0 bridgehead atoms. The summed E-state index contributed by atoms with van der Waals surface area (Å²) < 4.78 is 25.3. The van der Waals surface area contributed by atoms with Crippen molar-refractivity contribution >= 4 is 21.6 Å². The maximum Gasteiger partial charge on any atom is 0.211 e. The molecule has 2 aromatic carbocycles. The number of rotatable bonds is 5. The number of nitrogens with zero attached hydrogens (tertiary/aromatic N) is 1. The average Bonchev–Trinajstić information content (AvgIpc) is 2.40. The van der Waals surface area contributed by atoms with Crippen molar-refractivity contribution in [3.8, 4) is 0 Å². The lowest BCUT2D eigenvalue weighted by Gasteiger charge is -2.20. The third kappa shape index (κ3) is 4.34. The largest absolute Gasteiger partial charge is 0.212 e. The topological polar surface area (TPSA) is 37.4 Å². The summed E-state index contributed by atoms with van der Waals surface area (Å²) in [6.07, 6.45) is 1.23. The summed E-state index contributed by atoms with van der Waals surface area (Å²) in [5.74, 6) is 0. The van der Waals surface area contributed by atoms with E-state index in [1.807, 2.05) is 42.5 Å². The molecular weight excluding hydrogens is 294 g/mol. The van der Waals surface area contributed by atoms with Gasteiger partial charge in [-0.15, -0.1) is 0 Å². The Labute approximate surface area is 124 Å². The van der Waals surface area contributed by atoms with E-state index in [9.17, 15) is 8.42 Å². The first-order chi connectivity index (χ1) is 9.45. The van der Waals surface area contributed by atoms with E-state index in [-0.39, 0.29) is 0 Å². The van der Waals surface area contributed by atoms with Crippen molar-refractivity contribution in [2.24, 2.45) is 0 Å². The molecule has 0 amide bonds. The fraction of sp³-hybridized carbons (Fsp3) is 0.200. The highest BCUT2D eigenvalue weighted by molar-refractivity contribution is 7.88. The Hall–Kier alpha value is -1.36. The molecule has 2 rings (SSSR count). The molecule has 0 atom stereocenters. The smallest absolute Gasteiger partial charge is 0.211 e. The van der Waals surface area contributed by atoms with E-state index < -0.39 is 10.0 Å². The van der Waals surface area contributed by atoms with Crippen LogP contribution in [0.15, 0.2) is 54.6 Å². The van der Waals surface area contributed by atoms with Crippen LogP contribution in [0, 0.1) is 0 Å². The minimum atomic E-state index is -3.27. The number of hydrogen-bond acceptors (Lipinski definition) is 2. The predicted molar refractivity (Wildman–Crippen MR) is 82.0 cm³/mol. The molecule has 0 spiro atoms. The lowest BCUT2D eigenvalue weighted by atomic mass is 10.2. The van der Waals surface area contributed by atoms with Crippen LogP contribution in [0.3, 0.4) is 0 Å². The van der Waals surface area contributed by atoms with Crippen LogP contribution < -0.4 is 0 Å². The van der Waals surface area contributed by atoms with E-state index >= 15 is 0 Å². The zero-order valence-electron chi connectivity index (χ0n) is 11.2. The van der Waals surface area contributed by atoms with Crippen molar-refractivity contribution in [1.82, 2.24) is 4.31 Å². The summed E-state index contributed by atoms with van der Waals surface area (Å²) in [6, 6.07) is 16.8. The van der Waals surface area contributed by atoms with Crippen molar-refractivity contribution < 1.29 is 8.42 Å². The first kappa shape index (κ1) is 15.0. The van der Waals surface area contributed by atoms with Gasteiger partial charge in [-0.2, -0.15) is 4.31 Å². The van der Waals surface area contributed by atoms with Gasteiger partial charge in [0.1, 0.15) is 0 Å². The van der Waals surface area contributed by atoms with Gasteiger partial charge in [-0.1, -0.05) is 54.1 Å². The molecule has 2 aromatic rings. The lowest BCUT2D eigenvalue weighted by molar-refractivity contribution is 0.405. The van der Waals surface area contributed by atoms with E-state index in [4.69, 9.17) is 11.6 Å². The highest BCUT2D eigenvalue weighted by Crippen LogP contribution is 2.15. The summed E-state index contributed by atoms with van der Waals surface area (Å²) in [7, 11) is -3.27. The van der Waals surface area contributed by atoms with Gasteiger partial charge in [0.15, 0.2) is 0 Å². The minimum absolute atomic E-state index is 0.338. The molecule has 0 fully saturated rings. The number of benzene rings is 2. The Morgan fingerprint density at radius 1 is 0.900 bits per heavy atom. The van der Waals surface area contributed by atoms with Gasteiger partial charge in [0, 0.05) is 18.1 Å². The van der Waals surface area contributed by atoms with E-state index in [0.717, 1.165) is 11.1 Å². The molecule has 20 heavy (non-hydrogen) atoms. The number of halogens is 1. The van der Waals surface area contributed by atoms with Crippen LogP contribution in [0.2, 0.25) is 5.02 Å². The molecule has 0 aromatic heterocycles. The molecular formula is C15H16ClNO2S. The van der Waals surface area contributed by atoms with Crippen LogP contribution in [0.4, 0.5) is 0 Å². The summed E-state index contributed by atoms with van der Waals surface area (Å²) in [4.78, 5) is 0. The molecule has 0 unspecified atom stereocenters. The van der Waals surface area contributed by atoms with Crippen molar-refractivity contribution in [3.05, 3.63) is 70.7 Å². The first-order valence-electron chi connectivity index (χ1n) is 6.18. The molecule has 106 valence electrons. The van der Waals surface area contributed by atoms with E-state index in [1.165, 1.54) is 10.6 Å². The molecule has 0 aliphatic heterocycles. The Bertz CT molecular complexity index is 654. The average molecular weight is 310 g/mol. The third-order valence-electron chi connectivity index (χ3n) is 2.94. The molecule has 5 heteroatoms. The van der Waals surface area contributed by atoms with E-state index in [1.54, 1.807) is 12.1 Å². The molecule has 0 radical (unpaired) electrons. The molecule has 0 aliphatic carbocycles. The third-order valence-corrected chi connectivity index (χ3v) is 4.39. The summed E-state index contributed by atoms with van der Waals surface area (Å²) in [5, 5.41) is 0.641. The van der Waals surface area contributed by atoms with Crippen molar-refractivity contribution in [1.29, 1.82) is 0 Å². The number of sulfonamides is 1. The Balaban J connectivity index is 2.19. The van der Waals surface area contributed by atoms with Gasteiger partial charge >= 0.3 is 0 Å².